The van der Waals surface area contributed by atoms with E-state index in [4.69, 9.17) is 4.74 Å². The predicted octanol–water partition coefficient (Wildman–Crippen LogP) is 2.66. The first kappa shape index (κ1) is 15.7. The number of benzene rings is 2. The molecule has 0 saturated heterocycles. The van der Waals surface area contributed by atoms with Gasteiger partial charge in [-0.2, -0.15) is 5.21 Å². The number of para-hydroxylation sites is 1. The molecule has 7 nitrogen and oxygen atoms in total. The Morgan fingerprint density at radius 2 is 2.00 bits per heavy atom. The minimum Gasteiger partial charge on any atom is -0.494 e. The largest absolute Gasteiger partial charge is 0.494 e. The van der Waals surface area contributed by atoms with Crippen molar-refractivity contribution >= 4 is 11.6 Å². The number of carbonyl (C=O) groups is 1. The summed E-state index contributed by atoms with van der Waals surface area (Å²) in [5.41, 5.74) is 1.49. The number of aromatic nitrogens is 4. The summed E-state index contributed by atoms with van der Waals surface area (Å²) in [5.74, 6) is 1.24. The molecule has 0 fully saturated rings. The fourth-order valence-corrected chi connectivity index (χ4v) is 2.18. The Labute approximate surface area is 139 Å². The highest BCUT2D eigenvalue weighted by Crippen LogP contribution is 2.18. The van der Waals surface area contributed by atoms with E-state index in [9.17, 15) is 4.79 Å². The van der Waals surface area contributed by atoms with Gasteiger partial charge in [-0.15, -0.1) is 10.2 Å². The van der Waals surface area contributed by atoms with Gasteiger partial charge in [0, 0.05) is 17.7 Å². The molecule has 1 aromatic heterocycles. The highest BCUT2D eigenvalue weighted by atomic mass is 16.5. The lowest BCUT2D eigenvalue weighted by Crippen LogP contribution is -2.12. The van der Waals surface area contributed by atoms with Gasteiger partial charge in [-0.3, -0.25) is 4.79 Å². The van der Waals surface area contributed by atoms with Gasteiger partial charge in [-0.25, -0.2) is 0 Å². The molecule has 7 heteroatoms. The van der Waals surface area contributed by atoms with Crippen LogP contribution < -0.4 is 10.1 Å². The van der Waals surface area contributed by atoms with Crippen LogP contribution in [0.15, 0.2) is 54.6 Å². The summed E-state index contributed by atoms with van der Waals surface area (Å²) < 4.78 is 5.57. The van der Waals surface area contributed by atoms with E-state index in [1.165, 1.54) is 0 Å². The lowest BCUT2D eigenvalue weighted by molar-refractivity contribution is -0.116. The zero-order valence-electron chi connectivity index (χ0n) is 13.0. The first-order chi connectivity index (χ1) is 11.8. The zero-order chi connectivity index (χ0) is 16.6. The normalized spacial score (nSPS) is 10.3. The average Bonchev–Trinajstić information content (AvgIpc) is 3.15. The Morgan fingerprint density at radius 1 is 1.12 bits per heavy atom. The monoisotopic (exact) mass is 323 g/mol. The van der Waals surface area contributed by atoms with Crippen LogP contribution in [0.1, 0.15) is 12.8 Å². The molecule has 0 atom stereocenters. The third-order valence-electron chi connectivity index (χ3n) is 3.31. The third kappa shape index (κ3) is 4.39. The number of hydrogen-bond acceptors (Lipinski definition) is 5. The van der Waals surface area contributed by atoms with Gasteiger partial charge in [-0.05, 0) is 35.9 Å². The second kappa shape index (κ2) is 7.87. The summed E-state index contributed by atoms with van der Waals surface area (Å²) >= 11 is 0. The molecule has 3 aromatic rings. The van der Waals surface area contributed by atoms with Crippen molar-refractivity contribution in [2.75, 3.05) is 11.9 Å². The van der Waals surface area contributed by atoms with Gasteiger partial charge in [0.05, 0.1) is 6.61 Å². The molecule has 2 N–H and O–H groups in total. The van der Waals surface area contributed by atoms with Gasteiger partial charge in [0.25, 0.3) is 0 Å². The van der Waals surface area contributed by atoms with E-state index in [0.29, 0.717) is 31.0 Å². The number of hydrogen-bond donors (Lipinski definition) is 2. The van der Waals surface area contributed by atoms with Gasteiger partial charge in [0.15, 0.2) is 0 Å². The van der Waals surface area contributed by atoms with Crippen LogP contribution in [0, 0.1) is 0 Å². The maximum atomic E-state index is 12.0. The SMILES string of the molecule is O=C(CCCOc1ccccc1)Nc1cccc(-c2nn[nH]n2)c1. The second-order valence-corrected chi connectivity index (χ2v) is 5.13. The molecule has 0 radical (unpaired) electrons. The first-order valence-corrected chi connectivity index (χ1v) is 7.63. The molecule has 0 aliphatic carbocycles. The van der Waals surface area contributed by atoms with Crippen LogP contribution in [-0.4, -0.2) is 33.1 Å². The van der Waals surface area contributed by atoms with E-state index in [1.807, 2.05) is 54.6 Å². The zero-order valence-corrected chi connectivity index (χ0v) is 13.0. The Morgan fingerprint density at radius 3 is 2.79 bits per heavy atom. The second-order valence-electron chi connectivity index (χ2n) is 5.13. The van der Waals surface area contributed by atoms with Crippen molar-refractivity contribution in [3.8, 4) is 17.1 Å². The van der Waals surface area contributed by atoms with Gasteiger partial charge in [0.2, 0.25) is 11.7 Å². The molecule has 2 aromatic carbocycles. The van der Waals surface area contributed by atoms with Crippen LogP contribution in [0.3, 0.4) is 0 Å². The van der Waals surface area contributed by atoms with Gasteiger partial charge in [-0.1, -0.05) is 30.3 Å². The molecule has 0 aliphatic rings. The summed E-state index contributed by atoms with van der Waals surface area (Å²) in [6.45, 7) is 0.500. The molecule has 0 aliphatic heterocycles. The number of H-pyrrole nitrogens is 1. The van der Waals surface area contributed by atoms with Crippen molar-refractivity contribution in [1.29, 1.82) is 0 Å². The molecule has 1 amide bonds. The fourth-order valence-electron chi connectivity index (χ4n) is 2.18. The van der Waals surface area contributed by atoms with Gasteiger partial charge in [0.1, 0.15) is 5.75 Å². The highest BCUT2D eigenvalue weighted by molar-refractivity contribution is 5.91. The molecule has 0 bridgehead atoms. The highest BCUT2D eigenvalue weighted by Gasteiger charge is 2.06. The number of tetrazole rings is 1. The lowest BCUT2D eigenvalue weighted by Gasteiger charge is -2.07. The standard InChI is InChI=1S/C17H17N5O2/c23-16(10-5-11-24-15-8-2-1-3-9-15)18-14-7-4-6-13(12-14)17-19-21-22-20-17/h1-4,6-9,12H,5,10-11H2,(H,18,23)(H,19,20,21,22). The topological polar surface area (TPSA) is 92.8 Å². The van der Waals surface area contributed by atoms with E-state index in [2.05, 4.69) is 25.9 Å². The van der Waals surface area contributed by atoms with Crippen molar-refractivity contribution < 1.29 is 9.53 Å². The molecule has 1 heterocycles. The van der Waals surface area contributed by atoms with Crippen LogP contribution in [0.5, 0.6) is 5.75 Å². The summed E-state index contributed by atoms with van der Waals surface area (Å²) in [6, 6.07) is 16.9. The molecule has 0 unspecified atom stereocenters. The minimum absolute atomic E-state index is 0.0584. The number of ether oxygens (including phenoxy) is 1. The van der Waals surface area contributed by atoms with E-state index in [0.717, 1.165) is 11.3 Å². The van der Waals surface area contributed by atoms with Crippen molar-refractivity contribution in [2.45, 2.75) is 12.8 Å². The third-order valence-corrected chi connectivity index (χ3v) is 3.31. The maximum absolute atomic E-state index is 12.0. The predicted molar refractivity (Wildman–Crippen MR) is 89.4 cm³/mol. The Balaban J connectivity index is 1.46. The fraction of sp³-hybridized carbons (Fsp3) is 0.176. The number of nitrogens with zero attached hydrogens (tertiary/aromatic N) is 3. The van der Waals surface area contributed by atoms with Crippen molar-refractivity contribution in [2.24, 2.45) is 0 Å². The smallest absolute Gasteiger partial charge is 0.224 e. The van der Waals surface area contributed by atoms with Crippen molar-refractivity contribution in [1.82, 2.24) is 20.6 Å². The Kier molecular flexibility index (Phi) is 5.14. The summed E-state index contributed by atoms with van der Waals surface area (Å²) in [7, 11) is 0. The summed E-state index contributed by atoms with van der Waals surface area (Å²) in [4.78, 5) is 12.0. The first-order valence-electron chi connectivity index (χ1n) is 7.63. The quantitative estimate of drug-likeness (QED) is 0.652. The van der Waals surface area contributed by atoms with E-state index in [-0.39, 0.29) is 5.91 Å². The minimum atomic E-state index is -0.0584. The average molecular weight is 323 g/mol. The van der Waals surface area contributed by atoms with Crippen LogP contribution in [0.25, 0.3) is 11.4 Å². The Hall–Kier alpha value is -3.22. The molecular formula is C17H17N5O2. The maximum Gasteiger partial charge on any atom is 0.224 e. The van der Waals surface area contributed by atoms with Gasteiger partial charge < -0.3 is 10.1 Å². The van der Waals surface area contributed by atoms with Crippen LogP contribution in [0.2, 0.25) is 0 Å². The molecule has 24 heavy (non-hydrogen) atoms. The lowest BCUT2D eigenvalue weighted by atomic mass is 10.2. The van der Waals surface area contributed by atoms with Crippen LogP contribution in [-0.2, 0) is 4.79 Å². The number of rotatable bonds is 7. The van der Waals surface area contributed by atoms with E-state index < -0.39 is 0 Å². The van der Waals surface area contributed by atoms with E-state index >= 15 is 0 Å². The summed E-state index contributed by atoms with van der Waals surface area (Å²) in [6.07, 6.45) is 1.03. The van der Waals surface area contributed by atoms with Gasteiger partial charge >= 0.3 is 0 Å². The van der Waals surface area contributed by atoms with Crippen LogP contribution >= 0.6 is 0 Å². The molecular weight excluding hydrogens is 306 g/mol. The summed E-state index contributed by atoms with van der Waals surface area (Å²) in [5, 5.41) is 16.6. The molecule has 0 spiro atoms. The Bertz CT molecular complexity index is 775. The van der Waals surface area contributed by atoms with Crippen molar-refractivity contribution in [3.63, 3.8) is 0 Å². The molecule has 122 valence electrons. The molecule has 0 saturated carbocycles. The number of nitrogens with one attached hydrogen (secondary N) is 2. The van der Waals surface area contributed by atoms with Crippen molar-refractivity contribution in [3.05, 3.63) is 54.6 Å². The molecule has 3 rings (SSSR count). The number of anilines is 1. The number of aromatic amines is 1. The number of carbonyl (C=O) groups excluding carboxylic acids is 1. The number of amides is 1. The van der Waals surface area contributed by atoms with E-state index in [1.54, 1.807) is 0 Å². The van der Waals surface area contributed by atoms with Crippen LogP contribution in [0.4, 0.5) is 5.69 Å².